The molecular formula is C24H18N2O4. The van der Waals surface area contributed by atoms with Crippen molar-refractivity contribution in [2.75, 3.05) is 4.90 Å². The third kappa shape index (κ3) is 2.37. The van der Waals surface area contributed by atoms with Gasteiger partial charge < -0.3 is 0 Å². The standard InChI is InChI=1S/C24H18N2O4/c27-21-15-23(22(28)25(21)19-12-7-13-20(14-19)26(29)30)16-24(23,17-8-3-1-4-9-17)18-10-5-2-6-11-18/h1-14H,15-16H2/t23-/m0/s1. The second-order valence-corrected chi connectivity index (χ2v) is 7.88. The fourth-order valence-corrected chi connectivity index (χ4v) is 5.00. The Hall–Kier alpha value is -3.80. The summed E-state index contributed by atoms with van der Waals surface area (Å²) in [6.07, 6.45) is 0.613. The van der Waals surface area contributed by atoms with Crippen molar-refractivity contribution in [3.8, 4) is 0 Å². The first-order valence-electron chi connectivity index (χ1n) is 9.72. The lowest BCUT2D eigenvalue weighted by Crippen LogP contribution is -2.33. The zero-order valence-electron chi connectivity index (χ0n) is 16.0. The molecule has 0 N–H and O–H groups in total. The van der Waals surface area contributed by atoms with Gasteiger partial charge in [0.1, 0.15) is 0 Å². The average molecular weight is 398 g/mol. The number of imide groups is 1. The number of non-ortho nitro benzene ring substituents is 1. The van der Waals surface area contributed by atoms with Crippen LogP contribution in [0.2, 0.25) is 0 Å². The van der Waals surface area contributed by atoms with Crippen LogP contribution in [0.25, 0.3) is 0 Å². The molecule has 3 aromatic rings. The second-order valence-electron chi connectivity index (χ2n) is 7.88. The zero-order valence-corrected chi connectivity index (χ0v) is 16.0. The molecule has 1 atom stereocenters. The van der Waals surface area contributed by atoms with Crippen molar-refractivity contribution in [1.82, 2.24) is 0 Å². The van der Waals surface area contributed by atoms with Gasteiger partial charge in [-0.25, -0.2) is 4.90 Å². The summed E-state index contributed by atoms with van der Waals surface area (Å²) < 4.78 is 0. The molecule has 2 fully saturated rings. The third-order valence-electron chi connectivity index (χ3n) is 6.41. The van der Waals surface area contributed by atoms with Crippen molar-refractivity contribution < 1.29 is 14.5 Å². The molecule has 0 unspecified atom stereocenters. The van der Waals surface area contributed by atoms with E-state index in [1.54, 1.807) is 6.07 Å². The number of hydrogen-bond acceptors (Lipinski definition) is 4. The van der Waals surface area contributed by atoms with E-state index in [0.717, 1.165) is 16.0 Å². The van der Waals surface area contributed by atoms with E-state index in [2.05, 4.69) is 0 Å². The minimum Gasteiger partial charge on any atom is -0.274 e. The van der Waals surface area contributed by atoms with Crippen LogP contribution in [0.4, 0.5) is 11.4 Å². The van der Waals surface area contributed by atoms with Crippen LogP contribution in [0, 0.1) is 15.5 Å². The SMILES string of the molecule is O=C1C[C@]2(CC2(c2ccccc2)c2ccccc2)C(=O)N1c1cccc([N+](=O)[O-])c1. The van der Waals surface area contributed by atoms with E-state index in [-0.39, 0.29) is 29.6 Å². The number of nitrogens with zero attached hydrogens (tertiary/aromatic N) is 2. The molecule has 0 bridgehead atoms. The molecule has 6 nitrogen and oxygen atoms in total. The number of carbonyl (C=O) groups excluding carboxylic acids is 2. The lowest BCUT2D eigenvalue weighted by atomic mass is 9.79. The fourth-order valence-electron chi connectivity index (χ4n) is 5.00. The van der Waals surface area contributed by atoms with Gasteiger partial charge >= 0.3 is 0 Å². The van der Waals surface area contributed by atoms with Gasteiger partial charge in [-0.2, -0.15) is 0 Å². The first kappa shape index (κ1) is 18.2. The van der Waals surface area contributed by atoms with Crippen molar-refractivity contribution in [3.05, 3.63) is 106 Å². The van der Waals surface area contributed by atoms with Crippen molar-refractivity contribution in [3.63, 3.8) is 0 Å². The summed E-state index contributed by atoms with van der Waals surface area (Å²) in [7, 11) is 0. The molecule has 1 heterocycles. The summed E-state index contributed by atoms with van der Waals surface area (Å²) in [4.78, 5) is 38.4. The van der Waals surface area contributed by atoms with Crippen LogP contribution in [0.3, 0.4) is 0 Å². The van der Waals surface area contributed by atoms with Gasteiger partial charge in [0.2, 0.25) is 11.8 Å². The number of anilines is 1. The van der Waals surface area contributed by atoms with Crippen LogP contribution < -0.4 is 4.90 Å². The minimum atomic E-state index is -0.878. The van der Waals surface area contributed by atoms with Gasteiger partial charge in [-0.15, -0.1) is 0 Å². The van der Waals surface area contributed by atoms with Gasteiger partial charge in [-0.05, 0) is 23.6 Å². The molecule has 3 aromatic carbocycles. The van der Waals surface area contributed by atoms with Gasteiger partial charge in [0.05, 0.1) is 16.0 Å². The quantitative estimate of drug-likeness (QED) is 0.374. The topological polar surface area (TPSA) is 80.5 Å². The molecule has 0 radical (unpaired) electrons. The fraction of sp³-hybridized carbons (Fsp3) is 0.167. The molecule has 30 heavy (non-hydrogen) atoms. The van der Waals surface area contributed by atoms with E-state index in [9.17, 15) is 19.7 Å². The van der Waals surface area contributed by atoms with E-state index in [4.69, 9.17) is 0 Å². The molecule has 1 aliphatic heterocycles. The molecule has 1 spiro atoms. The van der Waals surface area contributed by atoms with Gasteiger partial charge in [0.15, 0.2) is 0 Å². The smallest absolute Gasteiger partial charge is 0.271 e. The summed E-state index contributed by atoms with van der Waals surface area (Å²) >= 11 is 0. The maximum atomic E-state index is 13.7. The van der Waals surface area contributed by atoms with Crippen molar-refractivity contribution in [2.45, 2.75) is 18.3 Å². The summed E-state index contributed by atoms with van der Waals surface area (Å²) in [6.45, 7) is 0. The molecule has 1 saturated carbocycles. The highest BCUT2D eigenvalue weighted by Crippen LogP contribution is 2.72. The van der Waals surface area contributed by atoms with Gasteiger partial charge in [-0.3, -0.25) is 19.7 Å². The van der Waals surface area contributed by atoms with Gasteiger partial charge in [0.25, 0.3) is 5.69 Å². The second kappa shape index (κ2) is 6.35. The number of amides is 2. The first-order chi connectivity index (χ1) is 14.5. The molecule has 6 heteroatoms. The van der Waals surface area contributed by atoms with Crippen LogP contribution in [-0.2, 0) is 15.0 Å². The van der Waals surface area contributed by atoms with Crippen LogP contribution in [0.1, 0.15) is 24.0 Å². The Morgan fingerprint density at radius 2 is 1.43 bits per heavy atom. The summed E-state index contributed by atoms with van der Waals surface area (Å²) in [5.74, 6) is -0.616. The van der Waals surface area contributed by atoms with E-state index in [1.807, 2.05) is 60.7 Å². The molecule has 2 aliphatic rings. The highest BCUT2D eigenvalue weighted by molar-refractivity contribution is 6.25. The largest absolute Gasteiger partial charge is 0.274 e. The van der Waals surface area contributed by atoms with Crippen LogP contribution in [-0.4, -0.2) is 16.7 Å². The molecular weight excluding hydrogens is 380 g/mol. The number of rotatable bonds is 4. The van der Waals surface area contributed by atoms with E-state index in [1.165, 1.54) is 18.2 Å². The van der Waals surface area contributed by atoms with Gasteiger partial charge in [0, 0.05) is 24.0 Å². The number of hydrogen-bond donors (Lipinski definition) is 0. The van der Waals surface area contributed by atoms with E-state index >= 15 is 0 Å². The molecule has 1 saturated heterocycles. The number of benzene rings is 3. The van der Waals surface area contributed by atoms with Crippen LogP contribution >= 0.6 is 0 Å². The monoisotopic (exact) mass is 398 g/mol. The summed E-state index contributed by atoms with van der Waals surface area (Å²) in [5, 5.41) is 11.2. The highest BCUT2D eigenvalue weighted by atomic mass is 16.6. The maximum absolute atomic E-state index is 13.7. The van der Waals surface area contributed by atoms with E-state index < -0.39 is 15.8 Å². The predicted octanol–water partition coefficient (Wildman–Crippen LogP) is 4.23. The number of carbonyl (C=O) groups is 2. The Bertz CT molecular complexity index is 1140. The van der Waals surface area contributed by atoms with Gasteiger partial charge in [-0.1, -0.05) is 66.7 Å². The van der Waals surface area contributed by atoms with Crippen LogP contribution in [0.5, 0.6) is 0 Å². The Morgan fingerprint density at radius 1 is 0.833 bits per heavy atom. The minimum absolute atomic E-state index is 0.0817. The molecule has 0 aromatic heterocycles. The Morgan fingerprint density at radius 3 is 2.00 bits per heavy atom. The Balaban J connectivity index is 1.62. The number of nitro benzene ring substituents is 1. The maximum Gasteiger partial charge on any atom is 0.271 e. The lowest BCUT2D eigenvalue weighted by molar-refractivity contribution is -0.384. The first-order valence-corrected chi connectivity index (χ1v) is 9.72. The zero-order chi connectivity index (χ0) is 20.9. The van der Waals surface area contributed by atoms with Crippen molar-refractivity contribution in [1.29, 1.82) is 0 Å². The average Bonchev–Trinajstić information content (AvgIpc) is 3.38. The normalized spacial score (nSPS) is 21.8. The molecule has 148 valence electrons. The van der Waals surface area contributed by atoms with Crippen molar-refractivity contribution >= 4 is 23.2 Å². The Kier molecular flexibility index (Phi) is 3.86. The number of nitro groups is 1. The molecule has 2 amide bonds. The highest BCUT2D eigenvalue weighted by Gasteiger charge is 2.77. The lowest BCUT2D eigenvalue weighted by Gasteiger charge is -2.23. The summed E-state index contributed by atoms with van der Waals surface area (Å²) in [5.41, 5.74) is 0.631. The summed E-state index contributed by atoms with van der Waals surface area (Å²) in [6, 6.07) is 25.3. The predicted molar refractivity (Wildman–Crippen MR) is 111 cm³/mol. The van der Waals surface area contributed by atoms with Crippen LogP contribution in [0.15, 0.2) is 84.9 Å². The van der Waals surface area contributed by atoms with Crippen molar-refractivity contribution in [2.24, 2.45) is 5.41 Å². The van der Waals surface area contributed by atoms with E-state index in [0.29, 0.717) is 6.42 Å². The molecule has 1 aliphatic carbocycles. The third-order valence-corrected chi connectivity index (χ3v) is 6.41. The Labute approximate surface area is 172 Å². The molecule has 5 rings (SSSR count).